The summed E-state index contributed by atoms with van der Waals surface area (Å²) in [7, 11) is 0. The van der Waals surface area contributed by atoms with E-state index in [4.69, 9.17) is 4.74 Å². The number of hydrogen-bond acceptors (Lipinski definition) is 5. The number of thioether (sulfide) groups is 3. The van der Waals surface area contributed by atoms with Gasteiger partial charge in [-0.3, -0.25) is 0 Å². The maximum absolute atomic E-state index is 5.79. The van der Waals surface area contributed by atoms with Crippen LogP contribution in [0.3, 0.4) is 0 Å². The van der Waals surface area contributed by atoms with Gasteiger partial charge < -0.3 is 4.74 Å². The number of hydrogen-bond donors (Lipinski definition) is 1. The number of rotatable bonds is 15. The minimum atomic E-state index is 0.0692. The molecular formula is C20H42OS4. The van der Waals surface area contributed by atoms with Crippen LogP contribution in [0.4, 0.5) is 0 Å². The van der Waals surface area contributed by atoms with Gasteiger partial charge in [0.05, 0.1) is 6.61 Å². The SMILES string of the molecule is CC(C)SCCSCCC(C)(C)C(C)(C)SCCOCCC(C)(C)S. The highest BCUT2D eigenvalue weighted by Gasteiger charge is 2.36. The fourth-order valence-electron chi connectivity index (χ4n) is 2.05. The highest BCUT2D eigenvalue weighted by Crippen LogP contribution is 2.44. The maximum Gasteiger partial charge on any atom is 0.0556 e. The van der Waals surface area contributed by atoms with Crippen LogP contribution in [-0.4, -0.2) is 51.0 Å². The number of thiol groups is 1. The lowest BCUT2D eigenvalue weighted by atomic mass is 9.78. The molecule has 5 heteroatoms. The van der Waals surface area contributed by atoms with Gasteiger partial charge in [0, 0.05) is 33.4 Å². The van der Waals surface area contributed by atoms with Crippen molar-refractivity contribution in [2.24, 2.45) is 5.41 Å². The smallest absolute Gasteiger partial charge is 0.0556 e. The predicted octanol–water partition coefficient (Wildman–Crippen LogP) is 6.90. The molecule has 0 atom stereocenters. The summed E-state index contributed by atoms with van der Waals surface area (Å²) in [5.41, 5.74) is 0.336. The van der Waals surface area contributed by atoms with Crippen molar-refractivity contribution in [3.63, 3.8) is 0 Å². The largest absolute Gasteiger partial charge is 0.381 e. The van der Waals surface area contributed by atoms with Crippen molar-refractivity contribution in [1.29, 1.82) is 0 Å². The van der Waals surface area contributed by atoms with Gasteiger partial charge in [0.2, 0.25) is 0 Å². The van der Waals surface area contributed by atoms with Gasteiger partial charge in [-0.1, -0.05) is 55.4 Å². The van der Waals surface area contributed by atoms with Crippen molar-refractivity contribution in [2.45, 2.75) is 83.0 Å². The molecule has 0 unspecified atom stereocenters. The summed E-state index contributed by atoms with van der Waals surface area (Å²) in [4.78, 5) is 0. The zero-order valence-corrected chi connectivity index (χ0v) is 21.2. The predicted molar refractivity (Wildman–Crippen MR) is 128 cm³/mol. The molecule has 1 nitrogen and oxygen atoms in total. The average Bonchev–Trinajstić information content (AvgIpc) is 2.44. The van der Waals surface area contributed by atoms with Gasteiger partial charge in [-0.15, -0.1) is 0 Å². The summed E-state index contributed by atoms with van der Waals surface area (Å²) in [6, 6.07) is 0. The van der Waals surface area contributed by atoms with Gasteiger partial charge in [0.1, 0.15) is 0 Å². The molecule has 0 spiro atoms. The average molecular weight is 427 g/mol. The monoisotopic (exact) mass is 426 g/mol. The Labute approximate surface area is 176 Å². The van der Waals surface area contributed by atoms with E-state index < -0.39 is 0 Å². The summed E-state index contributed by atoms with van der Waals surface area (Å²) >= 11 is 10.8. The van der Waals surface area contributed by atoms with Crippen LogP contribution in [0.25, 0.3) is 0 Å². The molecule has 25 heavy (non-hydrogen) atoms. The summed E-state index contributed by atoms with van der Waals surface area (Å²) in [6.45, 7) is 20.1. The van der Waals surface area contributed by atoms with Gasteiger partial charge >= 0.3 is 0 Å². The third kappa shape index (κ3) is 14.1. The molecule has 0 aliphatic heterocycles. The Balaban J connectivity index is 3.93. The second-order valence-corrected chi connectivity index (χ2v) is 14.5. The van der Waals surface area contributed by atoms with E-state index in [1.165, 1.54) is 23.7 Å². The summed E-state index contributed by atoms with van der Waals surface area (Å²) in [5.74, 6) is 4.90. The normalized spacial score (nSPS) is 13.7. The molecule has 0 amide bonds. The van der Waals surface area contributed by atoms with Gasteiger partial charge in [0.15, 0.2) is 0 Å². The Kier molecular flexibility index (Phi) is 13.4. The second-order valence-electron chi connectivity index (χ2n) is 8.70. The Hall–Kier alpha value is 1.36. The fraction of sp³-hybridized carbons (Fsp3) is 1.00. The second kappa shape index (κ2) is 12.7. The first kappa shape index (κ1) is 26.4. The van der Waals surface area contributed by atoms with Crippen molar-refractivity contribution in [3.8, 4) is 0 Å². The molecule has 0 saturated heterocycles. The van der Waals surface area contributed by atoms with Crippen molar-refractivity contribution < 1.29 is 4.74 Å². The molecular weight excluding hydrogens is 384 g/mol. The molecule has 152 valence electrons. The van der Waals surface area contributed by atoms with E-state index in [2.05, 4.69) is 103 Å². The van der Waals surface area contributed by atoms with Crippen LogP contribution >= 0.6 is 47.9 Å². The van der Waals surface area contributed by atoms with Crippen LogP contribution in [0.2, 0.25) is 0 Å². The van der Waals surface area contributed by atoms with Gasteiger partial charge in [0.25, 0.3) is 0 Å². The molecule has 0 radical (unpaired) electrons. The first-order valence-corrected chi connectivity index (χ1v) is 13.1. The van der Waals surface area contributed by atoms with Crippen molar-refractivity contribution in [3.05, 3.63) is 0 Å². The molecule has 0 heterocycles. The minimum absolute atomic E-state index is 0.0692. The molecule has 0 fully saturated rings. The van der Waals surface area contributed by atoms with Crippen molar-refractivity contribution >= 4 is 47.9 Å². The van der Waals surface area contributed by atoms with E-state index in [-0.39, 0.29) is 9.49 Å². The van der Waals surface area contributed by atoms with E-state index >= 15 is 0 Å². The van der Waals surface area contributed by atoms with E-state index in [9.17, 15) is 0 Å². The van der Waals surface area contributed by atoms with Gasteiger partial charge in [-0.25, -0.2) is 0 Å². The topological polar surface area (TPSA) is 9.23 Å². The van der Waals surface area contributed by atoms with Gasteiger partial charge in [-0.05, 0) is 29.3 Å². The van der Waals surface area contributed by atoms with Crippen LogP contribution in [0.5, 0.6) is 0 Å². The molecule has 0 N–H and O–H groups in total. The maximum atomic E-state index is 5.79. The summed E-state index contributed by atoms with van der Waals surface area (Å²) in [6.07, 6.45) is 2.28. The molecule has 0 aliphatic rings. The quantitative estimate of drug-likeness (QED) is 0.225. The van der Waals surface area contributed by atoms with E-state index in [1.54, 1.807) is 0 Å². The lowest BCUT2D eigenvalue weighted by Crippen LogP contribution is -2.37. The Morgan fingerprint density at radius 3 is 2.04 bits per heavy atom. The van der Waals surface area contributed by atoms with E-state index in [0.29, 0.717) is 5.41 Å². The van der Waals surface area contributed by atoms with Crippen LogP contribution < -0.4 is 0 Å². The third-order valence-electron chi connectivity index (χ3n) is 4.73. The molecule has 0 aromatic heterocycles. The fourth-order valence-corrected chi connectivity index (χ4v) is 5.53. The molecule has 0 aliphatic carbocycles. The molecule has 0 bridgehead atoms. The van der Waals surface area contributed by atoms with Gasteiger partial charge in [-0.2, -0.15) is 47.9 Å². The van der Waals surface area contributed by atoms with E-state index in [1.807, 2.05) is 0 Å². The minimum Gasteiger partial charge on any atom is -0.381 e. The molecule has 0 saturated carbocycles. The Bertz CT molecular complexity index is 335. The lowest BCUT2D eigenvalue weighted by molar-refractivity contribution is 0.141. The molecule has 0 aromatic carbocycles. The Morgan fingerprint density at radius 2 is 1.48 bits per heavy atom. The highest BCUT2D eigenvalue weighted by molar-refractivity contribution is 8.03. The van der Waals surface area contributed by atoms with Crippen molar-refractivity contribution in [1.82, 2.24) is 0 Å². The van der Waals surface area contributed by atoms with Crippen LogP contribution in [0.1, 0.15) is 68.2 Å². The Morgan fingerprint density at radius 1 is 0.840 bits per heavy atom. The highest BCUT2D eigenvalue weighted by atomic mass is 32.2. The summed E-state index contributed by atoms with van der Waals surface area (Å²) < 4.78 is 6.13. The van der Waals surface area contributed by atoms with Crippen LogP contribution in [-0.2, 0) is 4.74 Å². The summed E-state index contributed by atoms with van der Waals surface area (Å²) in [5, 5.41) is 0.758. The van der Waals surface area contributed by atoms with Crippen LogP contribution in [0.15, 0.2) is 0 Å². The first-order chi connectivity index (χ1) is 11.4. The first-order valence-electron chi connectivity index (χ1n) is 9.51. The van der Waals surface area contributed by atoms with Crippen molar-refractivity contribution in [2.75, 3.05) is 36.2 Å². The standard InChI is InChI=1S/C20H42OS4/c1-17(2)24-16-15-23-13-10-18(3,4)20(7,8)25-14-12-21-11-9-19(5,6)22/h17,22H,9-16H2,1-8H3. The van der Waals surface area contributed by atoms with Crippen LogP contribution in [0, 0.1) is 5.41 Å². The van der Waals surface area contributed by atoms with E-state index in [0.717, 1.165) is 30.6 Å². The number of ether oxygens (including phenoxy) is 1. The molecule has 0 aromatic rings. The zero-order chi connectivity index (χ0) is 19.6. The third-order valence-corrected chi connectivity index (χ3v) is 8.95. The molecule has 0 rings (SSSR count). The lowest BCUT2D eigenvalue weighted by Gasteiger charge is -2.41. The zero-order valence-electron chi connectivity index (χ0n) is 17.8.